The van der Waals surface area contributed by atoms with Gasteiger partial charge in [-0.15, -0.1) is 11.8 Å². The Labute approximate surface area is 173 Å². The highest BCUT2D eigenvalue weighted by molar-refractivity contribution is 8.00. The van der Waals surface area contributed by atoms with E-state index < -0.39 is 12.1 Å². The van der Waals surface area contributed by atoms with Crippen LogP contribution >= 0.6 is 11.8 Å². The number of thioether (sulfide) groups is 1. The Bertz CT molecular complexity index is 778. The first-order chi connectivity index (χ1) is 13.8. The third kappa shape index (κ3) is 4.71. The molecule has 0 radical (unpaired) electrons. The number of anilines is 1. The van der Waals surface area contributed by atoms with Gasteiger partial charge in [-0.25, -0.2) is 9.18 Å². The molecular weight excluding hydrogens is 397 g/mol. The Morgan fingerprint density at radius 3 is 2.55 bits per heavy atom. The molecule has 0 saturated carbocycles. The van der Waals surface area contributed by atoms with Crippen LogP contribution in [0.15, 0.2) is 24.3 Å². The molecule has 4 amide bonds. The lowest BCUT2D eigenvalue weighted by atomic mass is 9.96. The zero-order chi connectivity index (χ0) is 21.1. The number of fused-ring (bicyclic) bond motifs is 1. The van der Waals surface area contributed by atoms with Gasteiger partial charge in [-0.1, -0.05) is 13.3 Å². The highest BCUT2D eigenvalue weighted by Crippen LogP contribution is 2.31. The van der Waals surface area contributed by atoms with E-state index in [4.69, 9.17) is 0 Å². The van der Waals surface area contributed by atoms with Gasteiger partial charge >= 0.3 is 6.03 Å². The van der Waals surface area contributed by atoms with E-state index in [1.165, 1.54) is 43.1 Å². The minimum Gasteiger partial charge on any atom is -0.325 e. The fourth-order valence-electron chi connectivity index (χ4n) is 3.62. The van der Waals surface area contributed by atoms with Crippen molar-refractivity contribution in [3.63, 3.8) is 0 Å². The van der Waals surface area contributed by atoms with Gasteiger partial charge in [-0.3, -0.25) is 25.1 Å². The molecule has 29 heavy (non-hydrogen) atoms. The van der Waals surface area contributed by atoms with E-state index in [-0.39, 0.29) is 41.0 Å². The molecule has 3 N–H and O–H groups in total. The first kappa shape index (κ1) is 21.5. The molecule has 10 heteroatoms. The lowest BCUT2D eigenvalue weighted by Crippen LogP contribution is -2.74. The van der Waals surface area contributed by atoms with Gasteiger partial charge < -0.3 is 10.2 Å². The van der Waals surface area contributed by atoms with Crippen molar-refractivity contribution < 1.29 is 18.8 Å². The van der Waals surface area contributed by atoms with E-state index in [1.807, 2.05) is 0 Å². The highest BCUT2D eigenvalue weighted by atomic mass is 32.2. The average molecular weight is 424 g/mol. The highest BCUT2D eigenvalue weighted by Gasteiger charge is 2.50. The zero-order valence-corrected chi connectivity index (χ0v) is 17.5. The molecule has 4 unspecified atom stereocenters. The average Bonchev–Trinajstić information content (AvgIpc) is 2.70. The summed E-state index contributed by atoms with van der Waals surface area (Å²) in [6.45, 7) is 2.06. The van der Waals surface area contributed by atoms with Crippen LogP contribution < -0.4 is 16.0 Å². The van der Waals surface area contributed by atoms with Gasteiger partial charge in [-0.2, -0.15) is 0 Å². The molecular formula is C19H26FN5O3S. The Morgan fingerprint density at radius 2 is 1.90 bits per heavy atom. The molecule has 3 rings (SSSR count). The van der Waals surface area contributed by atoms with E-state index in [9.17, 15) is 18.8 Å². The molecule has 2 aliphatic rings. The van der Waals surface area contributed by atoms with Crippen molar-refractivity contribution in [1.82, 2.24) is 20.4 Å². The minimum atomic E-state index is -0.514. The van der Waals surface area contributed by atoms with Crippen molar-refractivity contribution >= 4 is 35.3 Å². The van der Waals surface area contributed by atoms with E-state index in [0.29, 0.717) is 5.69 Å². The van der Waals surface area contributed by atoms with Gasteiger partial charge in [0, 0.05) is 19.8 Å². The Hall–Kier alpha value is -2.17. The van der Waals surface area contributed by atoms with Crippen molar-refractivity contribution in [3.05, 3.63) is 30.1 Å². The Balaban J connectivity index is 1.69. The number of benzene rings is 1. The molecule has 158 valence electrons. The second-order valence-electron chi connectivity index (χ2n) is 7.22. The van der Waals surface area contributed by atoms with Crippen LogP contribution in [-0.2, 0) is 9.59 Å². The predicted octanol–water partition coefficient (Wildman–Crippen LogP) is 1.61. The number of nitrogens with zero attached hydrogens (tertiary/aromatic N) is 2. The van der Waals surface area contributed by atoms with Crippen molar-refractivity contribution in [2.75, 3.05) is 25.2 Å². The van der Waals surface area contributed by atoms with Gasteiger partial charge in [-0.05, 0) is 30.7 Å². The topological polar surface area (TPSA) is 93.8 Å². The molecule has 2 aliphatic heterocycles. The minimum absolute atomic E-state index is 0.0645. The molecule has 8 nitrogen and oxygen atoms in total. The van der Waals surface area contributed by atoms with Gasteiger partial charge in [0.15, 0.2) is 0 Å². The molecule has 0 bridgehead atoms. The quantitative estimate of drug-likeness (QED) is 0.644. The maximum atomic E-state index is 13.0. The number of rotatable bonds is 6. The Kier molecular flexibility index (Phi) is 6.76. The maximum absolute atomic E-state index is 13.0. The number of halogens is 1. The molecule has 4 atom stereocenters. The molecule has 0 aromatic heterocycles. The summed E-state index contributed by atoms with van der Waals surface area (Å²) < 4.78 is 13.0. The summed E-state index contributed by atoms with van der Waals surface area (Å²) in [5.74, 6) is -1.29. The first-order valence-corrected chi connectivity index (χ1v) is 10.6. The number of carbonyl (C=O) groups excluding carboxylic acids is 3. The van der Waals surface area contributed by atoms with Gasteiger partial charge in [0.1, 0.15) is 5.82 Å². The molecule has 0 spiro atoms. The van der Waals surface area contributed by atoms with E-state index >= 15 is 0 Å². The smallest absolute Gasteiger partial charge is 0.325 e. The molecule has 2 heterocycles. The summed E-state index contributed by atoms with van der Waals surface area (Å²) in [4.78, 5) is 40.1. The number of amides is 4. The van der Waals surface area contributed by atoms with Crippen molar-refractivity contribution in [2.24, 2.45) is 5.92 Å². The van der Waals surface area contributed by atoms with Crippen LogP contribution in [0.4, 0.5) is 14.9 Å². The SMILES string of the molecule is CCCC1NC(SCC(=O)Nc2ccc(F)cc2)C2C(=O)N(C)C(=O)N(C)C2N1. The van der Waals surface area contributed by atoms with E-state index in [1.54, 1.807) is 11.9 Å². The van der Waals surface area contributed by atoms with E-state index in [0.717, 1.165) is 17.7 Å². The van der Waals surface area contributed by atoms with Gasteiger partial charge in [0.05, 0.1) is 29.4 Å². The van der Waals surface area contributed by atoms with Crippen LogP contribution in [0.2, 0.25) is 0 Å². The summed E-state index contributed by atoms with van der Waals surface area (Å²) in [6.07, 6.45) is 1.26. The first-order valence-electron chi connectivity index (χ1n) is 9.55. The number of urea groups is 1. The molecule has 0 aliphatic carbocycles. The molecule has 2 saturated heterocycles. The normalized spacial score (nSPS) is 27.0. The monoisotopic (exact) mass is 423 g/mol. The summed E-state index contributed by atoms with van der Waals surface area (Å²) in [5, 5.41) is 9.14. The van der Waals surface area contributed by atoms with Crippen molar-refractivity contribution in [1.29, 1.82) is 0 Å². The molecule has 1 aromatic rings. The molecule has 2 fully saturated rings. The van der Waals surface area contributed by atoms with Gasteiger partial charge in [0.2, 0.25) is 11.8 Å². The number of carbonyl (C=O) groups is 3. The summed E-state index contributed by atoms with van der Waals surface area (Å²) in [5.41, 5.74) is 0.510. The van der Waals surface area contributed by atoms with Crippen LogP contribution in [-0.4, -0.2) is 65.2 Å². The zero-order valence-electron chi connectivity index (χ0n) is 16.6. The number of hydrogen-bond acceptors (Lipinski definition) is 6. The summed E-state index contributed by atoms with van der Waals surface area (Å²) in [6, 6.07) is 5.20. The van der Waals surface area contributed by atoms with Crippen LogP contribution in [0.25, 0.3) is 0 Å². The second-order valence-corrected chi connectivity index (χ2v) is 8.35. The van der Waals surface area contributed by atoms with Gasteiger partial charge in [0.25, 0.3) is 0 Å². The lowest BCUT2D eigenvalue weighted by Gasteiger charge is -2.50. The van der Waals surface area contributed by atoms with Crippen LogP contribution in [0.5, 0.6) is 0 Å². The van der Waals surface area contributed by atoms with E-state index in [2.05, 4.69) is 22.9 Å². The third-order valence-corrected chi connectivity index (χ3v) is 6.34. The fraction of sp³-hybridized carbons (Fsp3) is 0.526. The summed E-state index contributed by atoms with van der Waals surface area (Å²) >= 11 is 1.33. The predicted molar refractivity (Wildman–Crippen MR) is 109 cm³/mol. The third-order valence-electron chi connectivity index (χ3n) is 5.12. The van der Waals surface area contributed by atoms with Crippen LogP contribution in [0.1, 0.15) is 19.8 Å². The lowest BCUT2D eigenvalue weighted by molar-refractivity contribution is -0.140. The maximum Gasteiger partial charge on any atom is 0.327 e. The fourth-order valence-corrected chi connectivity index (χ4v) is 4.76. The number of hydrogen-bond donors (Lipinski definition) is 3. The molecule has 1 aromatic carbocycles. The standard InChI is InChI=1S/C19H26FN5O3S/c1-4-5-13-22-16-15(18(27)25(3)19(28)24(16)2)17(23-13)29-10-14(26)21-12-8-6-11(20)7-9-12/h6-9,13,15-17,22-23H,4-5,10H2,1-3H3,(H,21,26). The van der Waals surface area contributed by atoms with Crippen LogP contribution in [0, 0.1) is 11.7 Å². The summed E-state index contributed by atoms with van der Waals surface area (Å²) in [7, 11) is 3.14. The Morgan fingerprint density at radius 1 is 1.21 bits per heavy atom. The van der Waals surface area contributed by atoms with Crippen LogP contribution in [0.3, 0.4) is 0 Å². The van der Waals surface area contributed by atoms with Crippen molar-refractivity contribution in [3.8, 4) is 0 Å². The van der Waals surface area contributed by atoms with Crippen molar-refractivity contribution in [2.45, 2.75) is 37.5 Å². The number of imide groups is 1. The second kappa shape index (κ2) is 9.10. The largest absolute Gasteiger partial charge is 0.327 e. The number of nitrogens with one attached hydrogen (secondary N) is 3.